The first-order chi connectivity index (χ1) is 8.69. The van der Waals surface area contributed by atoms with E-state index in [1.54, 1.807) is 0 Å². The van der Waals surface area contributed by atoms with Crippen LogP contribution in [0.5, 0.6) is 0 Å². The third kappa shape index (κ3) is 5.69. The predicted molar refractivity (Wildman–Crippen MR) is 71.2 cm³/mol. The molecular weight excluding hydrogens is 272 g/mol. The van der Waals surface area contributed by atoms with Crippen molar-refractivity contribution in [1.82, 2.24) is 0 Å². The van der Waals surface area contributed by atoms with Gasteiger partial charge in [-0.05, 0) is 5.56 Å². The van der Waals surface area contributed by atoms with Crippen molar-refractivity contribution in [1.29, 1.82) is 0 Å². The molecule has 0 radical (unpaired) electrons. The van der Waals surface area contributed by atoms with E-state index in [1.807, 2.05) is 30.3 Å². The number of carbonyl (C=O) groups is 2. The molecule has 1 rings (SSSR count). The van der Waals surface area contributed by atoms with Gasteiger partial charge in [0.2, 0.25) is 0 Å². The molecule has 6 nitrogen and oxygen atoms in total. The van der Waals surface area contributed by atoms with Crippen LogP contribution >= 0.6 is 12.4 Å². The van der Waals surface area contributed by atoms with Crippen LogP contribution in [0.1, 0.15) is 5.56 Å². The largest absolute Gasteiger partial charge is 0.460 e. The predicted octanol–water partition coefficient (Wildman–Crippen LogP) is 0.186. The van der Waals surface area contributed by atoms with Crippen molar-refractivity contribution in [3.8, 4) is 0 Å². The van der Waals surface area contributed by atoms with Crippen molar-refractivity contribution in [3.63, 3.8) is 0 Å². The van der Waals surface area contributed by atoms with E-state index in [4.69, 9.17) is 16.2 Å². The molecule has 0 aromatic heterocycles. The molecule has 0 aliphatic carbocycles. The van der Waals surface area contributed by atoms with Crippen LogP contribution < -0.4 is 11.5 Å². The Hall–Kier alpha value is -1.63. The third-order valence-electron chi connectivity index (χ3n) is 2.25. The summed E-state index contributed by atoms with van der Waals surface area (Å²) in [5.41, 5.74) is 11.2. The maximum atomic E-state index is 11.6. The lowest BCUT2D eigenvalue weighted by Gasteiger charge is -2.12. The van der Waals surface area contributed by atoms with Crippen LogP contribution in [-0.4, -0.2) is 25.2 Å². The summed E-state index contributed by atoms with van der Waals surface area (Å²) in [5, 5.41) is 0. The molecule has 0 saturated heterocycles. The number of nitrogens with two attached hydrogens (primary N) is 2. The van der Waals surface area contributed by atoms with Gasteiger partial charge >= 0.3 is 11.9 Å². The number of carbonyl (C=O) groups excluding carboxylic acids is 2. The minimum atomic E-state index is -1.13. The van der Waals surface area contributed by atoms with Gasteiger partial charge in [-0.3, -0.25) is 15.3 Å². The lowest BCUT2D eigenvalue weighted by molar-refractivity contribution is -0.162. The molecule has 0 spiro atoms. The average molecular weight is 289 g/mol. The number of esters is 2. The SMILES string of the molecule is Cl.NCOC(=O)C(CN)C(=O)OCc1ccccc1. The van der Waals surface area contributed by atoms with E-state index in [9.17, 15) is 9.59 Å². The van der Waals surface area contributed by atoms with E-state index in [1.165, 1.54) is 0 Å². The van der Waals surface area contributed by atoms with E-state index in [0.29, 0.717) is 0 Å². The molecule has 0 bridgehead atoms. The van der Waals surface area contributed by atoms with Gasteiger partial charge in [0, 0.05) is 6.54 Å². The Kier molecular flexibility index (Phi) is 8.52. The quantitative estimate of drug-likeness (QED) is 0.440. The molecule has 1 atom stereocenters. The van der Waals surface area contributed by atoms with E-state index < -0.39 is 17.9 Å². The molecule has 106 valence electrons. The summed E-state index contributed by atoms with van der Waals surface area (Å²) in [6, 6.07) is 9.12. The topological polar surface area (TPSA) is 105 Å². The lowest BCUT2D eigenvalue weighted by atomic mass is 10.1. The molecule has 0 fully saturated rings. The van der Waals surface area contributed by atoms with Gasteiger partial charge in [-0.25, -0.2) is 0 Å². The number of halogens is 1. The molecule has 19 heavy (non-hydrogen) atoms. The third-order valence-corrected chi connectivity index (χ3v) is 2.25. The highest BCUT2D eigenvalue weighted by molar-refractivity contribution is 5.95. The molecule has 0 aliphatic rings. The average Bonchev–Trinajstić information content (AvgIpc) is 2.39. The van der Waals surface area contributed by atoms with Gasteiger partial charge < -0.3 is 15.2 Å². The van der Waals surface area contributed by atoms with Crippen LogP contribution in [0, 0.1) is 5.92 Å². The molecule has 0 saturated carbocycles. The van der Waals surface area contributed by atoms with Crippen LogP contribution in [0.3, 0.4) is 0 Å². The van der Waals surface area contributed by atoms with Gasteiger partial charge in [0.25, 0.3) is 0 Å². The van der Waals surface area contributed by atoms with Crippen molar-refractivity contribution in [2.24, 2.45) is 17.4 Å². The second-order valence-electron chi connectivity index (χ2n) is 3.51. The second kappa shape index (κ2) is 9.32. The van der Waals surface area contributed by atoms with E-state index in [-0.39, 0.29) is 32.3 Å². The highest BCUT2D eigenvalue weighted by Crippen LogP contribution is 2.06. The van der Waals surface area contributed by atoms with Gasteiger partial charge in [0.15, 0.2) is 5.92 Å². The summed E-state index contributed by atoms with van der Waals surface area (Å²) in [7, 11) is 0. The highest BCUT2D eigenvalue weighted by atomic mass is 35.5. The van der Waals surface area contributed by atoms with Crippen molar-refractivity contribution in [3.05, 3.63) is 35.9 Å². The Morgan fingerprint density at radius 2 is 1.63 bits per heavy atom. The minimum Gasteiger partial charge on any atom is -0.460 e. The van der Waals surface area contributed by atoms with Crippen molar-refractivity contribution in [2.45, 2.75) is 6.61 Å². The van der Waals surface area contributed by atoms with Crippen LogP contribution in [0.2, 0.25) is 0 Å². The van der Waals surface area contributed by atoms with Gasteiger partial charge in [-0.1, -0.05) is 30.3 Å². The monoisotopic (exact) mass is 288 g/mol. The summed E-state index contributed by atoms with van der Waals surface area (Å²) in [5.74, 6) is -2.60. The Balaban J connectivity index is 0.00000324. The van der Waals surface area contributed by atoms with E-state index in [0.717, 1.165) is 5.56 Å². The molecule has 0 amide bonds. The highest BCUT2D eigenvalue weighted by Gasteiger charge is 2.28. The first-order valence-electron chi connectivity index (χ1n) is 5.46. The van der Waals surface area contributed by atoms with Gasteiger partial charge in [0.1, 0.15) is 13.3 Å². The summed E-state index contributed by atoms with van der Waals surface area (Å²) in [6.07, 6.45) is 0. The van der Waals surface area contributed by atoms with Crippen molar-refractivity contribution >= 4 is 24.3 Å². The molecule has 1 unspecified atom stereocenters. The van der Waals surface area contributed by atoms with Crippen LogP contribution in [-0.2, 0) is 25.7 Å². The fourth-order valence-corrected chi connectivity index (χ4v) is 1.30. The Bertz CT molecular complexity index is 400. The lowest BCUT2D eigenvalue weighted by Crippen LogP contribution is -2.35. The molecule has 1 aromatic carbocycles. The smallest absolute Gasteiger partial charge is 0.322 e. The van der Waals surface area contributed by atoms with Crippen LogP contribution in [0.15, 0.2) is 30.3 Å². The fourth-order valence-electron chi connectivity index (χ4n) is 1.30. The van der Waals surface area contributed by atoms with Gasteiger partial charge in [-0.2, -0.15) is 0 Å². The number of ether oxygens (including phenoxy) is 2. The van der Waals surface area contributed by atoms with Gasteiger partial charge in [0.05, 0.1) is 0 Å². The number of hydrogen-bond acceptors (Lipinski definition) is 6. The molecule has 1 aromatic rings. The molecule has 4 N–H and O–H groups in total. The molecule has 7 heteroatoms. The minimum absolute atomic E-state index is 0. The standard InChI is InChI=1S/C12H16N2O4.ClH/c13-6-10(12(16)18-8-14)11(15)17-7-9-4-2-1-3-5-9;/h1-5,10H,6-8,13-14H2;1H. The molecule has 0 heterocycles. The Morgan fingerprint density at radius 1 is 1.05 bits per heavy atom. The van der Waals surface area contributed by atoms with E-state index >= 15 is 0 Å². The maximum absolute atomic E-state index is 11.6. The first-order valence-corrected chi connectivity index (χ1v) is 5.46. The second-order valence-corrected chi connectivity index (χ2v) is 3.51. The number of rotatable bonds is 6. The molecule has 0 aliphatic heterocycles. The van der Waals surface area contributed by atoms with Crippen LogP contribution in [0.4, 0.5) is 0 Å². The summed E-state index contributed by atoms with van der Waals surface area (Å²) < 4.78 is 9.51. The van der Waals surface area contributed by atoms with Crippen molar-refractivity contribution < 1.29 is 19.1 Å². The Morgan fingerprint density at radius 3 is 2.16 bits per heavy atom. The molecular formula is C12H17ClN2O4. The first kappa shape index (κ1) is 17.4. The zero-order valence-electron chi connectivity index (χ0n) is 10.3. The Labute approximate surface area is 117 Å². The van der Waals surface area contributed by atoms with Gasteiger partial charge in [-0.15, -0.1) is 12.4 Å². The fraction of sp³-hybridized carbons (Fsp3) is 0.333. The number of hydrogen-bond donors (Lipinski definition) is 2. The van der Waals surface area contributed by atoms with Crippen LogP contribution in [0.25, 0.3) is 0 Å². The number of benzene rings is 1. The maximum Gasteiger partial charge on any atom is 0.322 e. The zero-order chi connectivity index (χ0) is 13.4. The van der Waals surface area contributed by atoms with E-state index in [2.05, 4.69) is 4.74 Å². The zero-order valence-corrected chi connectivity index (χ0v) is 11.1. The van der Waals surface area contributed by atoms with Crippen molar-refractivity contribution in [2.75, 3.05) is 13.3 Å². The summed E-state index contributed by atoms with van der Waals surface area (Å²) in [4.78, 5) is 23.0. The normalized spacial score (nSPS) is 11.1. The summed E-state index contributed by atoms with van der Waals surface area (Å²) >= 11 is 0. The summed E-state index contributed by atoms with van der Waals surface area (Å²) in [6.45, 7) is -0.375.